The molecule has 0 atom stereocenters. The first kappa shape index (κ1) is 17.8. The van der Waals surface area contributed by atoms with Gasteiger partial charge in [0.1, 0.15) is 5.72 Å². The SMILES string of the molecule is COc1cc(C(=O)N2CCOC23CCN(C)CC3)cc(OC)c1OC. The smallest absolute Gasteiger partial charge is 0.256 e. The van der Waals surface area contributed by atoms with Crippen LogP contribution < -0.4 is 14.2 Å². The van der Waals surface area contributed by atoms with Gasteiger partial charge in [0.2, 0.25) is 5.75 Å². The van der Waals surface area contributed by atoms with Gasteiger partial charge in [0.15, 0.2) is 11.5 Å². The maximum Gasteiger partial charge on any atom is 0.256 e. The molecular formula is C18H26N2O5. The van der Waals surface area contributed by atoms with Gasteiger partial charge < -0.3 is 28.7 Å². The van der Waals surface area contributed by atoms with E-state index in [1.165, 1.54) is 0 Å². The Labute approximate surface area is 148 Å². The second-order valence-corrected chi connectivity index (χ2v) is 6.47. The number of piperidine rings is 1. The van der Waals surface area contributed by atoms with Gasteiger partial charge in [-0.05, 0) is 19.2 Å². The monoisotopic (exact) mass is 350 g/mol. The third-order valence-electron chi connectivity index (χ3n) is 5.10. The third kappa shape index (κ3) is 3.14. The van der Waals surface area contributed by atoms with E-state index in [4.69, 9.17) is 18.9 Å². The molecule has 138 valence electrons. The van der Waals surface area contributed by atoms with Crippen molar-refractivity contribution >= 4 is 5.91 Å². The van der Waals surface area contributed by atoms with Crippen molar-refractivity contribution in [3.8, 4) is 17.2 Å². The average Bonchev–Trinajstić information content (AvgIpc) is 3.05. The molecule has 1 aromatic rings. The predicted molar refractivity (Wildman–Crippen MR) is 92.5 cm³/mol. The first-order valence-corrected chi connectivity index (χ1v) is 8.49. The summed E-state index contributed by atoms with van der Waals surface area (Å²) in [5, 5.41) is 0. The highest BCUT2D eigenvalue weighted by molar-refractivity contribution is 5.96. The van der Waals surface area contributed by atoms with Crippen LogP contribution in [-0.4, -0.2) is 76.1 Å². The molecule has 0 unspecified atom stereocenters. The Hall–Kier alpha value is -1.99. The summed E-state index contributed by atoms with van der Waals surface area (Å²) in [6, 6.07) is 3.40. The van der Waals surface area contributed by atoms with Crippen LogP contribution in [0, 0.1) is 0 Å². The summed E-state index contributed by atoms with van der Waals surface area (Å²) >= 11 is 0. The molecule has 2 aliphatic rings. The van der Waals surface area contributed by atoms with Gasteiger partial charge in [-0.1, -0.05) is 0 Å². The van der Waals surface area contributed by atoms with Gasteiger partial charge in [0.05, 0.1) is 27.9 Å². The zero-order chi connectivity index (χ0) is 18.0. The Balaban J connectivity index is 1.92. The Bertz CT molecular complexity index is 615. The van der Waals surface area contributed by atoms with Gasteiger partial charge in [-0.25, -0.2) is 0 Å². The Morgan fingerprint density at radius 2 is 1.64 bits per heavy atom. The summed E-state index contributed by atoms with van der Waals surface area (Å²) in [4.78, 5) is 17.3. The number of benzene rings is 1. The summed E-state index contributed by atoms with van der Waals surface area (Å²) in [6.07, 6.45) is 1.64. The first-order valence-electron chi connectivity index (χ1n) is 8.49. The molecular weight excluding hydrogens is 324 g/mol. The summed E-state index contributed by atoms with van der Waals surface area (Å²) in [6.45, 7) is 3.00. The van der Waals surface area contributed by atoms with Crippen LogP contribution in [0.15, 0.2) is 12.1 Å². The molecule has 3 rings (SSSR count). The van der Waals surface area contributed by atoms with E-state index in [-0.39, 0.29) is 5.91 Å². The van der Waals surface area contributed by atoms with Crippen LogP contribution in [0.25, 0.3) is 0 Å². The number of methoxy groups -OCH3 is 3. The molecule has 0 bridgehead atoms. The average molecular weight is 350 g/mol. The van der Waals surface area contributed by atoms with Crippen molar-refractivity contribution in [2.75, 3.05) is 54.6 Å². The molecule has 2 saturated heterocycles. The normalized spacial score (nSPS) is 19.9. The molecule has 2 aliphatic heterocycles. The van der Waals surface area contributed by atoms with E-state index in [1.807, 2.05) is 4.90 Å². The molecule has 2 heterocycles. The molecule has 1 spiro atoms. The minimum Gasteiger partial charge on any atom is -0.493 e. The lowest BCUT2D eigenvalue weighted by Crippen LogP contribution is -2.54. The number of rotatable bonds is 4. The molecule has 0 aliphatic carbocycles. The molecule has 0 N–H and O–H groups in total. The fourth-order valence-electron chi connectivity index (χ4n) is 3.64. The highest BCUT2D eigenvalue weighted by Gasteiger charge is 2.46. The van der Waals surface area contributed by atoms with Crippen molar-refractivity contribution in [2.45, 2.75) is 18.6 Å². The second kappa shape index (κ2) is 7.09. The number of ether oxygens (including phenoxy) is 4. The van der Waals surface area contributed by atoms with Crippen LogP contribution in [0.4, 0.5) is 0 Å². The van der Waals surface area contributed by atoms with Crippen molar-refractivity contribution in [1.29, 1.82) is 0 Å². The molecule has 7 nitrogen and oxygen atoms in total. The Morgan fingerprint density at radius 3 is 2.16 bits per heavy atom. The van der Waals surface area contributed by atoms with E-state index in [0.717, 1.165) is 25.9 Å². The first-order chi connectivity index (χ1) is 12.0. The summed E-state index contributed by atoms with van der Waals surface area (Å²) in [5.41, 5.74) is 0.0163. The summed E-state index contributed by atoms with van der Waals surface area (Å²) in [7, 11) is 6.73. The molecule has 7 heteroatoms. The quantitative estimate of drug-likeness (QED) is 0.822. The van der Waals surface area contributed by atoms with E-state index in [1.54, 1.807) is 33.5 Å². The van der Waals surface area contributed by atoms with Crippen LogP contribution in [0.3, 0.4) is 0 Å². The molecule has 0 aromatic heterocycles. The number of hydrogen-bond acceptors (Lipinski definition) is 6. The van der Waals surface area contributed by atoms with Crippen LogP contribution in [0.5, 0.6) is 17.2 Å². The van der Waals surface area contributed by atoms with Gasteiger partial charge in [-0.3, -0.25) is 4.79 Å². The van der Waals surface area contributed by atoms with Crippen LogP contribution in [0.2, 0.25) is 0 Å². The lowest BCUT2D eigenvalue weighted by atomic mass is 9.98. The van der Waals surface area contributed by atoms with E-state index < -0.39 is 5.72 Å². The molecule has 0 saturated carbocycles. The number of hydrogen-bond donors (Lipinski definition) is 0. The zero-order valence-electron chi connectivity index (χ0n) is 15.3. The number of nitrogens with zero attached hydrogens (tertiary/aromatic N) is 2. The van der Waals surface area contributed by atoms with Crippen LogP contribution >= 0.6 is 0 Å². The Kier molecular flexibility index (Phi) is 5.06. The van der Waals surface area contributed by atoms with Crippen molar-refractivity contribution in [2.24, 2.45) is 0 Å². The van der Waals surface area contributed by atoms with E-state index in [0.29, 0.717) is 36.0 Å². The number of likely N-dealkylation sites (tertiary alicyclic amines) is 1. The Morgan fingerprint density at radius 1 is 1.04 bits per heavy atom. The molecule has 1 aromatic carbocycles. The standard InChI is InChI=1S/C18H26N2O5/c1-19-7-5-18(6-8-19)20(9-10-25-18)17(21)13-11-14(22-2)16(24-4)15(12-13)23-3/h11-12H,5-10H2,1-4H3. The second-order valence-electron chi connectivity index (χ2n) is 6.47. The fourth-order valence-corrected chi connectivity index (χ4v) is 3.64. The van der Waals surface area contributed by atoms with Gasteiger partial charge in [0, 0.05) is 38.0 Å². The molecule has 2 fully saturated rings. The maximum absolute atomic E-state index is 13.2. The summed E-state index contributed by atoms with van der Waals surface area (Å²) in [5.74, 6) is 1.36. The van der Waals surface area contributed by atoms with Gasteiger partial charge >= 0.3 is 0 Å². The van der Waals surface area contributed by atoms with Crippen LogP contribution in [0.1, 0.15) is 23.2 Å². The number of carbonyl (C=O) groups is 1. The van der Waals surface area contributed by atoms with Crippen molar-refractivity contribution in [1.82, 2.24) is 9.80 Å². The van der Waals surface area contributed by atoms with E-state index in [9.17, 15) is 4.79 Å². The van der Waals surface area contributed by atoms with Gasteiger partial charge in [0.25, 0.3) is 5.91 Å². The van der Waals surface area contributed by atoms with Crippen molar-refractivity contribution < 1.29 is 23.7 Å². The minimum absolute atomic E-state index is 0.0682. The minimum atomic E-state index is -0.496. The highest BCUT2D eigenvalue weighted by Crippen LogP contribution is 2.40. The van der Waals surface area contributed by atoms with Crippen LogP contribution in [-0.2, 0) is 4.74 Å². The lowest BCUT2D eigenvalue weighted by molar-refractivity contribution is -0.102. The third-order valence-corrected chi connectivity index (χ3v) is 5.10. The highest BCUT2D eigenvalue weighted by atomic mass is 16.5. The maximum atomic E-state index is 13.2. The number of carbonyl (C=O) groups excluding carboxylic acids is 1. The van der Waals surface area contributed by atoms with Crippen molar-refractivity contribution in [3.05, 3.63) is 17.7 Å². The topological polar surface area (TPSA) is 60.5 Å². The van der Waals surface area contributed by atoms with Gasteiger partial charge in [-0.15, -0.1) is 0 Å². The van der Waals surface area contributed by atoms with Gasteiger partial charge in [-0.2, -0.15) is 0 Å². The summed E-state index contributed by atoms with van der Waals surface area (Å²) < 4.78 is 22.1. The van der Waals surface area contributed by atoms with E-state index >= 15 is 0 Å². The fraction of sp³-hybridized carbons (Fsp3) is 0.611. The largest absolute Gasteiger partial charge is 0.493 e. The van der Waals surface area contributed by atoms with Crippen molar-refractivity contribution in [3.63, 3.8) is 0 Å². The predicted octanol–water partition coefficient (Wildman–Crippen LogP) is 1.61. The molecule has 25 heavy (non-hydrogen) atoms. The zero-order valence-corrected chi connectivity index (χ0v) is 15.3. The number of amides is 1. The van der Waals surface area contributed by atoms with E-state index in [2.05, 4.69) is 11.9 Å². The molecule has 0 radical (unpaired) electrons. The molecule has 1 amide bonds. The lowest BCUT2D eigenvalue weighted by Gasteiger charge is -2.42.